The van der Waals surface area contributed by atoms with Crippen molar-refractivity contribution < 1.29 is 14.0 Å². The van der Waals surface area contributed by atoms with E-state index in [9.17, 15) is 9.59 Å². The molecule has 0 radical (unpaired) electrons. The molecule has 0 bridgehead atoms. The highest BCUT2D eigenvalue weighted by Gasteiger charge is 2.16. The molecule has 8 heteroatoms. The molecule has 2 heterocycles. The monoisotopic (exact) mass is 358 g/mol. The summed E-state index contributed by atoms with van der Waals surface area (Å²) >= 11 is 6.01. The van der Waals surface area contributed by atoms with E-state index >= 15 is 0 Å². The number of aromatic nitrogens is 2. The predicted molar refractivity (Wildman–Crippen MR) is 92.5 cm³/mol. The van der Waals surface area contributed by atoms with E-state index in [1.807, 2.05) is 0 Å². The van der Waals surface area contributed by atoms with Crippen molar-refractivity contribution in [2.45, 2.75) is 6.54 Å². The lowest BCUT2D eigenvalue weighted by atomic mass is 10.2. The van der Waals surface area contributed by atoms with Crippen LogP contribution in [0, 0.1) is 0 Å². The first-order valence-electron chi connectivity index (χ1n) is 7.45. The molecule has 0 unspecified atom stereocenters. The van der Waals surface area contributed by atoms with E-state index in [0.717, 1.165) is 0 Å². The maximum Gasteiger partial charge on any atom is 0.272 e. The predicted octanol–water partition coefficient (Wildman–Crippen LogP) is 2.85. The topological polar surface area (TPSA) is 89.2 Å². The van der Waals surface area contributed by atoms with Crippen LogP contribution in [0.4, 0.5) is 5.82 Å². The Labute approximate surface area is 148 Å². The molecule has 2 amide bonds. The molecule has 0 fully saturated rings. The summed E-state index contributed by atoms with van der Waals surface area (Å²) in [6.07, 6.45) is 1.53. The highest BCUT2D eigenvalue weighted by molar-refractivity contribution is 6.34. The zero-order chi connectivity index (χ0) is 17.8. The van der Waals surface area contributed by atoms with E-state index in [-0.39, 0.29) is 24.1 Å². The van der Waals surface area contributed by atoms with E-state index in [1.165, 1.54) is 17.0 Å². The van der Waals surface area contributed by atoms with E-state index in [2.05, 4.69) is 15.7 Å². The Morgan fingerprint density at radius 1 is 1.20 bits per heavy atom. The first-order valence-corrected chi connectivity index (χ1v) is 7.83. The number of halogens is 1. The Hall–Kier alpha value is -3.06. The molecule has 25 heavy (non-hydrogen) atoms. The van der Waals surface area contributed by atoms with Gasteiger partial charge < -0.3 is 15.1 Å². The number of anilines is 1. The molecule has 7 nitrogen and oxygen atoms in total. The molecule has 128 valence electrons. The zero-order valence-electron chi connectivity index (χ0n) is 13.3. The van der Waals surface area contributed by atoms with Crippen molar-refractivity contribution >= 4 is 29.2 Å². The van der Waals surface area contributed by atoms with Crippen LogP contribution >= 0.6 is 11.6 Å². The Balaban J connectivity index is 1.68. The van der Waals surface area contributed by atoms with Gasteiger partial charge in [0.1, 0.15) is 11.6 Å². The van der Waals surface area contributed by atoms with Crippen molar-refractivity contribution in [3.8, 4) is 0 Å². The molecule has 0 aliphatic carbocycles. The van der Waals surface area contributed by atoms with Gasteiger partial charge in [-0.3, -0.25) is 14.3 Å². The fourth-order valence-electron chi connectivity index (χ4n) is 2.20. The van der Waals surface area contributed by atoms with Gasteiger partial charge in [-0.05, 0) is 24.3 Å². The van der Waals surface area contributed by atoms with Gasteiger partial charge in [-0.25, -0.2) is 0 Å². The van der Waals surface area contributed by atoms with Crippen molar-refractivity contribution in [3.05, 3.63) is 70.8 Å². The van der Waals surface area contributed by atoms with E-state index in [4.69, 9.17) is 16.0 Å². The number of furan rings is 1. The molecule has 1 aromatic carbocycles. The Morgan fingerprint density at radius 3 is 2.72 bits per heavy atom. The van der Waals surface area contributed by atoms with Crippen LogP contribution in [0.15, 0.2) is 53.1 Å². The second kappa shape index (κ2) is 7.23. The summed E-state index contributed by atoms with van der Waals surface area (Å²) in [4.78, 5) is 24.5. The molecule has 0 aliphatic rings. The van der Waals surface area contributed by atoms with Crippen LogP contribution in [0.1, 0.15) is 26.6 Å². The number of hydrogen-bond acceptors (Lipinski definition) is 4. The second-order valence-electron chi connectivity index (χ2n) is 5.23. The minimum atomic E-state index is -0.379. The lowest BCUT2D eigenvalue weighted by molar-refractivity contribution is 0.0941. The summed E-state index contributed by atoms with van der Waals surface area (Å²) in [5.74, 6) is 0.269. The van der Waals surface area contributed by atoms with E-state index < -0.39 is 0 Å². The van der Waals surface area contributed by atoms with Gasteiger partial charge in [-0.2, -0.15) is 5.10 Å². The molecule has 2 N–H and O–H groups in total. The van der Waals surface area contributed by atoms with Crippen LogP contribution in [0.25, 0.3) is 0 Å². The Bertz CT molecular complexity index is 903. The average molecular weight is 359 g/mol. The van der Waals surface area contributed by atoms with Gasteiger partial charge in [-0.15, -0.1) is 0 Å². The third kappa shape index (κ3) is 3.89. The highest BCUT2D eigenvalue weighted by Crippen LogP contribution is 2.17. The van der Waals surface area contributed by atoms with Gasteiger partial charge >= 0.3 is 0 Å². The number of benzene rings is 1. The molecular weight excluding hydrogens is 344 g/mol. The van der Waals surface area contributed by atoms with Crippen molar-refractivity contribution in [1.82, 2.24) is 15.1 Å². The third-order valence-corrected chi connectivity index (χ3v) is 3.81. The van der Waals surface area contributed by atoms with Crippen molar-refractivity contribution in [3.63, 3.8) is 0 Å². The summed E-state index contributed by atoms with van der Waals surface area (Å²) < 4.78 is 6.56. The summed E-state index contributed by atoms with van der Waals surface area (Å²) in [6, 6.07) is 11.7. The van der Waals surface area contributed by atoms with Crippen molar-refractivity contribution in [2.75, 3.05) is 5.32 Å². The zero-order valence-corrected chi connectivity index (χ0v) is 14.1. The van der Waals surface area contributed by atoms with Gasteiger partial charge in [-0.1, -0.05) is 23.7 Å². The summed E-state index contributed by atoms with van der Waals surface area (Å²) in [7, 11) is 1.63. The van der Waals surface area contributed by atoms with Gasteiger partial charge in [0.2, 0.25) is 0 Å². The standard InChI is InChI=1S/C17H15ClN4O3/c1-22-15(20-16(23)12-6-2-3-7-13(12)18)9-14(21-22)17(24)19-10-11-5-4-8-25-11/h2-9H,10H2,1H3,(H,19,24)(H,20,23). The summed E-state index contributed by atoms with van der Waals surface area (Å²) in [6.45, 7) is 0.254. The van der Waals surface area contributed by atoms with Crippen LogP contribution < -0.4 is 10.6 Å². The fourth-order valence-corrected chi connectivity index (χ4v) is 2.42. The number of carbonyl (C=O) groups excluding carboxylic acids is 2. The normalized spacial score (nSPS) is 10.5. The highest BCUT2D eigenvalue weighted by atomic mass is 35.5. The van der Waals surface area contributed by atoms with E-state index in [1.54, 1.807) is 43.4 Å². The van der Waals surface area contributed by atoms with Crippen LogP contribution in [-0.2, 0) is 13.6 Å². The fraction of sp³-hybridized carbons (Fsp3) is 0.118. The largest absolute Gasteiger partial charge is 0.467 e. The maximum absolute atomic E-state index is 12.3. The maximum atomic E-state index is 12.3. The summed E-state index contributed by atoms with van der Waals surface area (Å²) in [5.41, 5.74) is 0.526. The Kier molecular flexibility index (Phi) is 4.85. The minimum absolute atomic E-state index is 0.184. The van der Waals surface area contributed by atoms with Crippen LogP contribution in [-0.4, -0.2) is 21.6 Å². The Morgan fingerprint density at radius 2 is 2.00 bits per heavy atom. The number of carbonyl (C=O) groups is 2. The minimum Gasteiger partial charge on any atom is -0.467 e. The first kappa shape index (κ1) is 16.8. The number of aryl methyl sites for hydroxylation is 1. The molecule has 2 aromatic heterocycles. The van der Waals surface area contributed by atoms with Gasteiger partial charge in [0.15, 0.2) is 5.69 Å². The molecular formula is C17H15ClN4O3. The van der Waals surface area contributed by atoms with Gasteiger partial charge in [0, 0.05) is 13.1 Å². The van der Waals surface area contributed by atoms with Crippen LogP contribution in [0.2, 0.25) is 5.02 Å². The average Bonchev–Trinajstić information content (AvgIpc) is 3.23. The van der Waals surface area contributed by atoms with Crippen molar-refractivity contribution in [2.24, 2.45) is 7.05 Å². The first-order chi connectivity index (χ1) is 12.0. The second-order valence-corrected chi connectivity index (χ2v) is 5.64. The third-order valence-electron chi connectivity index (χ3n) is 3.48. The van der Waals surface area contributed by atoms with E-state index in [0.29, 0.717) is 22.2 Å². The quantitative estimate of drug-likeness (QED) is 0.734. The number of rotatable bonds is 5. The number of amides is 2. The number of nitrogens with one attached hydrogen (secondary N) is 2. The van der Waals surface area contributed by atoms with Gasteiger partial charge in [0.05, 0.1) is 23.4 Å². The SMILES string of the molecule is Cn1nc(C(=O)NCc2ccco2)cc1NC(=O)c1ccccc1Cl. The van der Waals surface area contributed by atoms with Crippen molar-refractivity contribution in [1.29, 1.82) is 0 Å². The van der Waals surface area contributed by atoms with Crippen LogP contribution in [0.3, 0.4) is 0 Å². The molecule has 3 rings (SSSR count). The van der Waals surface area contributed by atoms with Gasteiger partial charge in [0.25, 0.3) is 11.8 Å². The van der Waals surface area contributed by atoms with Crippen LogP contribution in [0.5, 0.6) is 0 Å². The molecule has 0 atom stereocenters. The smallest absolute Gasteiger partial charge is 0.272 e. The number of nitrogens with zero attached hydrogens (tertiary/aromatic N) is 2. The molecule has 0 spiro atoms. The molecule has 0 saturated heterocycles. The lowest BCUT2D eigenvalue weighted by Gasteiger charge is -2.06. The molecule has 0 saturated carbocycles. The molecule has 3 aromatic rings. The number of hydrogen-bond donors (Lipinski definition) is 2. The lowest BCUT2D eigenvalue weighted by Crippen LogP contribution is -2.23. The summed E-state index contributed by atoms with van der Waals surface area (Å²) in [5, 5.41) is 9.84. The molecule has 0 aliphatic heterocycles.